The normalized spacial score (nSPS) is 16.2. The van der Waals surface area contributed by atoms with E-state index in [1.165, 1.54) is 89.1 Å². The molecule has 314 valence electrons. The molecule has 9 aromatic carbocycles. The molecule has 2 atom stereocenters. The Labute approximate surface area is 388 Å². The van der Waals surface area contributed by atoms with E-state index in [2.05, 4.69) is 265 Å². The van der Waals surface area contributed by atoms with E-state index in [1.807, 2.05) is 0 Å². The molecule has 0 amide bonds. The molecule has 2 nitrogen and oxygen atoms in total. The summed E-state index contributed by atoms with van der Waals surface area (Å²) in [5, 5.41) is 2.50. The van der Waals surface area contributed by atoms with Crippen LogP contribution in [0.2, 0.25) is 0 Å². The van der Waals surface area contributed by atoms with Gasteiger partial charge in [-0.15, -0.1) is 0 Å². The van der Waals surface area contributed by atoms with Gasteiger partial charge in [-0.3, -0.25) is 0 Å². The maximum atomic E-state index is 2.52. The van der Waals surface area contributed by atoms with Crippen molar-refractivity contribution in [2.24, 2.45) is 0 Å². The van der Waals surface area contributed by atoms with Gasteiger partial charge < -0.3 is 9.80 Å². The van der Waals surface area contributed by atoms with E-state index in [-0.39, 0.29) is 12.0 Å². The third-order valence-corrected chi connectivity index (χ3v) is 13.7. The van der Waals surface area contributed by atoms with Gasteiger partial charge in [-0.25, -0.2) is 0 Å². The summed E-state index contributed by atoms with van der Waals surface area (Å²) in [6.07, 6.45) is 13.6. The standard InChI is InChI=1S/C64H48N2/c1-3-18-47(19-4-1)56-25-9-10-26-57(56)48-37-41-55(42-38-48)65(54-39-35-46(36-40-54)50-34-33-45-17-7-8-20-49(45)43-50)61-30-13-11-27-58(61)51-21-15-22-52(44-51)59-29-16-32-63-64(59)60-28-12-14-31-62(60)66(63)53-23-5-2-6-24-53/h1-10,12-26,28-44,63-64H,11,27H2. The van der Waals surface area contributed by atoms with Crippen LogP contribution in [0, 0.1) is 0 Å². The third kappa shape index (κ3) is 7.18. The number of allylic oxidation sites excluding steroid dienone is 5. The number of benzene rings is 9. The van der Waals surface area contributed by atoms with Crippen LogP contribution in [0.4, 0.5) is 22.7 Å². The summed E-state index contributed by atoms with van der Waals surface area (Å²) >= 11 is 0. The Morgan fingerprint density at radius 1 is 0.455 bits per heavy atom. The fourth-order valence-corrected chi connectivity index (χ4v) is 10.6. The lowest BCUT2D eigenvalue weighted by atomic mass is 9.80. The molecule has 0 aromatic heterocycles. The molecule has 12 rings (SSSR count). The van der Waals surface area contributed by atoms with E-state index in [0.29, 0.717) is 0 Å². The highest BCUT2D eigenvalue weighted by atomic mass is 15.2. The molecule has 0 spiro atoms. The highest BCUT2D eigenvalue weighted by Crippen LogP contribution is 2.53. The summed E-state index contributed by atoms with van der Waals surface area (Å²) in [6, 6.07) is 82.5. The number of nitrogens with zero attached hydrogens (tertiary/aromatic N) is 2. The predicted molar refractivity (Wildman–Crippen MR) is 279 cm³/mol. The fraction of sp³-hybridized carbons (Fsp3) is 0.0625. The Hall–Kier alpha value is -8.20. The molecule has 2 unspecified atom stereocenters. The Bertz CT molecular complexity index is 3360. The van der Waals surface area contributed by atoms with Crippen LogP contribution in [0.15, 0.2) is 261 Å². The molecule has 0 radical (unpaired) electrons. The Kier molecular flexibility index (Phi) is 10.2. The van der Waals surface area contributed by atoms with Gasteiger partial charge in [0.1, 0.15) is 0 Å². The lowest BCUT2D eigenvalue weighted by Gasteiger charge is -2.32. The van der Waals surface area contributed by atoms with E-state index in [9.17, 15) is 0 Å². The van der Waals surface area contributed by atoms with Gasteiger partial charge in [-0.05, 0) is 146 Å². The monoisotopic (exact) mass is 844 g/mol. The molecule has 1 aliphatic heterocycles. The van der Waals surface area contributed by atoms with Crippen molar-refractivity contribution in [2.75, 3.05) is 9.80 Å². The lowest BCUT2D eigenvalue weighted by Crippen LogP contribution is -2.30. The number of fused-ring (bicyclic) bond motifs is 4. The van der Waals surface area contributed by atoms with E-state index in [4.69, 9.17) is 0 Å². The molecule has 2 aliphatic carbocycles. The Balaban J connectivity index is 0.954. The van der Waals surface area contributed by atoms with E-state index in [1.54, 1.807) is 0 Å². The molecule has 9 aromatic rings. The van der Waals surface area contributed by atoms with Gasteiger partial charge in [-0.1, -0.05) is 194 Å². The molecule has 0 N–H and O–H groups in total. The van der Waals surface area contributed by atoms with E-state index in [0.717, 1.165) is 24.2 Å². The van der Waals surface area contributed by atoms with Crippen molar-refractivity contribution in [3.8, 4) is 33.4 Å². The molecule has 66 heavy (non-hydrogen) atoms. The van der Waals surface area contributed by atoms with Crippen LogP contribution in [-0.2, 0) is 0 Å². The smallest absolute Gasteiger partial charge is 0.0635 e. The summed E-state index contributed by atoms with van der Waals surface area (Å²) < 4.78 is 0. The summed E-state index contributed by atoms with van der Waals surface area (Å²) in [7, 11) is 0. The predicted octanol–water partition coefficient (Wildman–Crippen LogP) is 17.0. The van der Waals surface area contributed by atoms with Crippen LogP contribution in [0.1, 0.15) is 35.4 Å². The third-order valence-electron chi connectivity index (χ3n) is 13.7. The second kappa shape index (κ2) is 17.1. The van der Waals surface area contributed by atoms with Crippen molar-refractivity contribution in [1.29, 1.82) is 0 Å². The average Bonchev–Trinajstić information content (AvgIpc) is 3.74. The fourth-order valence-electron chi connectivity index (χ4n) is 10.6. The molecular weight excluding hydrogens is 797 g/mol. The van der Waals surface area contributed by atoms with Gasteiger partial charge in [0.15, 0.2) is 0 Å². The van der Waals surface area contributed by atoms with Crippen LogP contribution in [0.5, 0.6) is 0 Å². The SMILES string of the molecule is C1=CC2C(C(c3cccc(C4=C(N(c5ccc(-c6ccc7ccccc7c6)cc5)c5ccc(-c6ccccc6-c6ccccc6)cc5)C=CCC4)c3)=C1)c1ccccc1N2c1ccccc1. The number of hydrogen-bond acceptors (Lipinski definition) is 2. The zero-order valence-corrected chi connectivity index (χ0v) is 36.7. The quantitative estimate of drug-likeness (QED) is 0.143. The van der Waals surface area contributed by atoms with E-state index >= 15 is 0 Å². The molecule has 0 fully saturated rings. The van der Waals surface area contributed by atoms with Gasteiger partial charge in [0.2, 0.25) is 0 Å². The summed E-state index contributed by atoms with van der Waals surface area (Å²) in [5.41, 5.74) is 19.8. The van der Waals surface area contributed by atoms with Crippen LogP contribution in [0.25, 0.3) is 55.3 Å². The second-order valence-electron chi connectivity index (χ2n) is 17.5. The number of rotatable bonds is 9. The number of para-hydroxylation sites is 2. The number of hydrogen-bond donors (Lipinski definition) is 0. The zero-order chi connectivity index (χ0) is 43.8. The number of anilines is 4. The van der Waals surface area contributed by atoms with Crippen molar-refractivity contribution in [1.82, 2.24) is 0 Å². The maximum absolute atomic E-state index is 2.52. The van der Waals surface area contributed by atoms with Crippen LogP contribution in [-0.4, -0.2) is 6.04 Å². The minimum absolute atomic E-state index is 0.191. The molecule has 2 heteroatoms. The highest BCUT2D eigenvalue weighted by molar-refractivity contribution is 5.91. The van der Waals surface area contributed by atoms with Crippen molar-refractivity contribution < 1.29 is 0 Å². The van der Waals surface area contributed by atoms with Gasteiger partial charge in [-0.2, -0.15) is 0 Å². The van der Waals surface area contributed by atoms with Gasteiger partial charge >= 0.3 is 0 Å². The van der Waals surface area contributed by atoms with Crippen LogP contribution in [0.3, 0.4) is 0 Å². The second-order valence-corrected chi connectivity index (χ2v) is 17.5. The molecule has 0 saturated heterocycles. The summed E-state index contributed by atoms with van der Waals surface area (Å²) in [6.45, 7) is 0. The minimum atomic E-state index is 0.191. The van der Waals surface area contributed by atoms with Gasteiger partial charge in [0, 0.05) is 34.4 Å². The van der Waals surface area contributed by atoms with Crippen molar-refractivity contribution >= 4 is 44.7 Å². The molecule has 3 aliphatic rings. The first kappa shape index (κ1) is 39.4. The molecule has 0 bridgehead atoms. The molecular formula is C64H48N2. The lowest BCUT2D eigenvalue weighted by molar-refractivity contribution is 0.759. The van der Waals surface area contributed by atoms with E-state index < -0.39 is 0 Å². The zero-order valence-electron chi connectivity index (χ0n) is 36.7. The van der Waals surface area contributed by atoms with Crippen molar-refractivity contribution in [3.63, 3.8) is 0 Å². The van der Waals surface area contributed by atoms with Gasteiger partial charge in [0.25, 0.3) is 0 Å². The summed E-state index contributed by atoms with van der Waals surface area (Å²) in [4.78, 5) is 4.99. The van der Waals surface area contributed by atoms with Gasteiger partial charge in [0.05, 0.1) is 6.04 Å². The topological polar surface area (TPSA) is 6.48 Å². The first-order chi connectivity index (χ1) is 32.7. The van der Waals surface area contributed by atoms with Crippen molar-refractivity contribution in [2.45, 2.75) is 24.8 Å². The Morgan fingerprint density at radius 2 is 1.06 bits per heavy atom. The highest BCUT2D eigenvalue weighted by Gasteiger charge is 2.41. The van der Waals surface area contributed by atoms with Crippen LogP contribution < -0.4 is 9.80 Å². The summed E-state index contributed by atoms with van der Waals surface area (Å²) in [5.74, 6) is 0.213. The first-order valence-corrected chi connectivity index (χ1v) is 23.2. The van der Waals surface area contributed by atoms with Crippen molar-refractivity contribution in [3.05, 3.63) is 277 Å². The first-order valence-electron chi connectivity index (χ1n) is 23.2. The molecule has 1 heterocycles. The largest absolute Gasteiger partial charge is 0.333 e. The van der Waals surface area contributed by atoms with Crippen LogP contribution >= 0.6 is 0 Å². The maximum Gasteiger partial charge on any atom is 0.0635 e. The Morgan fingerprint density at radius 3 is 1.83 bits per heavy atom. The minimum Gasteiger partial charge on any atom is -0.333 e. The average molecular weight is 845 g/mol. The molecule has 0 saturated carbocycles.